The summed E-state index contributed by atoms with van der Waals surface area (Å²) >= 11 is 0. The highest BCUT2D eigenvalue weighted by atomic mass is 16.5. The van der Waals surface area contributed by atoms with E-state index >= 15 is 0 Å². The summed E-state index contributed by atoms with van der Waals surface area (Å²) in [7, 11) is 0. The molecule has 5 nitrogen and oxygen atoms in total. The Bertz CT molecular complexity index is 629. The van der Waals surface area contributed by atoms with E-state index in [4.69, 9.17) is 14.9 Å². The molecule has 0 fully saturated rings. The van der Waals surface area contributed by atoms with Gasteiger partial charge in [-0.25, -0.2) is 0 Å². The van der Waals surface area contributed by atoms with Crippen LogP contribution >= 0.6 is 0 Å². The molecule has 5 heteroatoms. The van der Waals surface area contributed by atoms with Gasteiger partial charge in [0, 0.05) is 12.0 Å². The van der Waals surface area contributed by atoms with Gasteiger partial charge in [0.2, 0.25) is 0 Å². The second kappa shape index (κ2) is 6.56. The van der Waals surface area contributed by atoms with Gasteiger partial charge in [0.05, 0.1) is 6.42 Å². The van der Waals surface area contributed by atoms with E-state index in [2.05, 4.69) is 0 Å². The van der Waals surface area contributed by atoms with Crippen molar-refractivity contribution >= 4 is 11.8 Å². The highest BCUT2D eigenvalue weighted by molar-refractivity contribution is 5.97. The lowest BCUT2D eigenvalue weighted by Crippen LogP contribution is -2.10. The molecular formula is C16H14O5. The van der Waals surface area contributed by atoms with Crippen molar-refractivity contribution in [2.75, 3.05) is 0 Å². The maximum absolute atomic E-state index is 11.8. The van der Waals surface area contributed by atoms with Crippen LogP contribution in [0.2, 0.25) is 0 Å². The minimum Gasteiger partial charge on any atom is -0.508 e. The van der Waals surface area contributed by atoms with Gasteiger partial charge in [-0.05, 0) is 48.5 Å². The molecule has 0 amide bonds. The van der Waals surface area contributed by atoms with Crippen molar-refractivity contribution in [3.63, 3.8) is 0 Å². The van der Waals surface area contributed by atoms with Crippen molar-refractivity contribution in [1.82, 2.24) is 0 Å². The van der Waals surface area contributed by atoms with Crippen LogP contribution in [-0.2, 0) is 4.79 Å². The Hall–Kier alpha value is -2.82. The van der Waals surface area contributed by atoms with Crippen molar-refractivity contribution in [3.8, 4) is 17.2 Å². The summed E-state index contributed by atoms with van der Waals surface area (Å²) in [6.07, 6.45) is -0.0116. The quantitative estimate of drug-likeness (QED) is 0.501. The predicted molar refractivity (Wildman–Crippen MR) is 75.4 cm³/mol. The standard InChI is InChI=1S/C16H14O5/c17-12-3-1-11(2-4-12)15(19)9-10-16(20)21-14-7-5-13(18)6-8-14/h1-8,17-18H,9-10H2. The molecule has 0 saturated carbocycles. The Balaban J connectivity index is 1.84. The molecule has 2 aromatic rings. The van der Waals surface area contributed by atoms with Gasteiger partial charge >= 0.3 is 5.97 Å². The first-order chi connectivity index (χ1) is 10.0. The average molecular weight is 286 g/mol. The number of phenols is 2. The van der Waals surface area contributed by atoms with Gasteiger partial charge in [-0.2, -0.15) is 0 Å². The van der Waals surface area contributed by atoms with Crippen LogP contribution in [0, 0.1) is 0 Å². The van der Waals surface area contributed by atoms with Crippen LogP contribution in [-0.4, -0.2) is 22.0 Å². The van der Waals surface area contributed by atoms with Gasteiger partial charge in [-0.3, -0.25) is 9.59 Å². The maximum Gasteiger partial charge on any atom is 0.311 e. The van der Waals surface area contributed by atoms with E-state index in [1.807, 2.05) is 0 Å². The predicted octanol–water partition coefficient (Wildman–Crippen LogP) is 2.67. The molecule has 2 N–H and O–H groups in total. The lowest BCUT2D eigenvalue weighted by atomic mass is 10.1. The average Bonchev–Trinajstić information content (AvgIpc) is 2.48. The molecule has 0 aromatic heterocycles. The number of hydrogen-bond donors (Lipinski definition) is 2. The molecule has 0 aliphatic heterocycles. The monoisotopic (exact) mass is 286 g/mol. The Morgan fingerprint density at radius 1 is 0.810 bits per heavy atom. The van der Waals surface area contributed by atoms with E-state index in [9.17, 15) is 9.59 Å². The smallest absolute Gasteiger partial charge is 0.311 e. The third-order valence-electron chi connectivity index (χ3n) is 2.81. The van der Waals surface area contributed by atoms with E-state index in [-0.39, 0.29) is 30.1 Å². The number of aromatic hydroxyl groups is 2. The molecule has 0 spiro atoms. The van der Waals surface area contributed by atoms with Gasteiger partial charge in [0.25, 0.3) is 0 Å². The Morgan fingerprint density at radius 2 is 1.33 bits per heavy atom. The fourth-order valence-corrected chi connectivity index (χ4v) is 1.70. The largest absolute Gasteiger partial charge is 0.508 e. The van der Waals surface area contributed by atoms with Gasteiger partial charge in [-0.15, -0.1) is 0 Å². The molecule has 0 saturated heterocycles. The number of hydrogen-bond acceptors (Lipinski definition) is 5. The summed E-state index contributed by atoms with van der Waals surface area (Å²) in [6.45, 7) is 0. The zero-order valence-corrected chi connectivity index (χ0v) is 11.2. The highest BCUT2D eigenvalue weighted by Crippen LogP contribution is 2.17. The molecule has 108 valence electrons. The molecule has 0 aliphatic rings. The van der Waals surface area contributed by atoms with Gasteiger partial charge in [0.1, 0.15) is 17.2 Å². The highest BCUT2D eigenvalue weighted by Gasteiger charge is 2.11. The summed E-state index contributed by atoms with van der Waals surface area (Å²) in [5.41, 5.74) is 0.435. The summed E-state index contributed by atoms with van der Waals surface area (Å²) in [6, 6.07) is 11.6. The number of carbonyl (C=O) groups excluding carboxylic acids is 2. The number of ether oxygens (including phenoxy) is 1. The molecule has 0 heterocycles. The van der Waals surface area contributed by atoms with Crippen molar-refractivity contribution in [2.24, 2.45) is 0 Å². The number of esters is 1. The molecule has 0 bridgehead atoms. The van der Waals surface area contributed by atoms with Crippen LogP contribution in [0.4, 0.5) is 0 Å². The van der Waals surface area contributed by atoms with Crippen LogP contribution in [0.3, 0.4) is 0 Å². The SMILES string of the molecule is O=C(CCC(=O)c1ccc(O)cc1)Oc1ccc(O)cc1. The number of carbonyl (C=O) groups is 2. The van der Waals surface area contributed by atoms with E-state index in [1.54, 1.807) is 0 Å². The minimum absolute atomic E-state index is 0.0295. The molecule has 0 radical (unpaired) electrons. The first-order valence-corrected chi connectivity index (χ1v) is 6.36. The molecule has 2 rings (SSSR count). The lowest BCUT2D eigenvalue weighted by molar-refractivity contribution is -0.134. The molecule has 21 heavy (non-hydrogen) atoms. The first kappa shape index (κ1) is 14.6. The number of rotatable bonds is 5. The molecule has 2 aromatic carbocycles. The van der Waals surface area contributed by atoms with Crippen molar-refractivity contribution in [2.45, 2.75) is 12.8 Å². The van der Waals surface area contributed by atoms with E-state index in [0.717, 1.165) is 0 Å². The number of Topliss-reactive ketones (excluding diaryl/α,β-unsaturated/α-hetero) is 1. The Morgan fingerprint density at radius 3 is 1.90 bits per heavy atom. The van der Waals surface area contributed by atoms with E-state index in [0.29, 0.717) is 11.3 Å². The van der Waals surface area contributed by atoms with Crippen LogP contribution in [0.5, 0.6) is 17.2 Å². The lowest BCUT2D eigenvalue weighted by Gasteiger charge is -2.04. The second-order valence-corrected chi connectivity index (χ2v) is 4.44. The summed E-state index contributed by atoms with van der Waals surface area (Å²) < 4.78 is 5.03. The molecule has 0 atom stereocenters. The Labute approximate surface area is 121 Å². The number of phenolic OH excluding ortho intramolecular Hbond substituents is 2. The number of benzene rings is 2. The zero-order valence-electron chi connectivity index (χ0n) is 11.2. The normalized spacial score (nSPS) is 10.1. The summed E-state index contributed by atoms with van der Waals surface area (Å²) in [5.74, 6) is -0.240. The van der Waals surface area contributed by atoms with Gasteiger partial charge in [0.15, 0.2) is 5.78 Å². The van der Waals surface area contributed by atoms with Gasteiger partial charge in [-0.1, -0.05) is 0 Å². The zero-order chi connectivity index (χ0) is 15.2. The van der Waals surface area contributed by atoms with Crippen molar-refractivity contribution in [3.05, 3.63) is 54.1 Å². The van der Waals surface area contributed by atoms with Crippen LogP contribution in [0.1, 0.15) is 23.2 Å². The molecule has 0 unspecified atom stereocenters. The topological polar surface area (TPSA) is 83.8 Å². The van der Waals surface area contributed by atoms with Crippen LogP contribution in [0.25, 0.3) is 0 Å². The second-order valence-electron chi connectivity index (χ2n) is 4.44. The molecule has 0 aliphatic carbocycles. The Kier molecular flexibility index (Phi) is 4.56. The maximum atomic E-state index is 11.8. The third-order valence-corrected chi connectivity index (χ3v) is 2.81. The summed E-state index contributed by atoms with van der Waals surface area (Å²) in [4.78, 5) is 23.4. The van der Waals surface area contributed by atoms with Crippen LogP contribution in [0.15, 0.2) is 48.5 Å². The number of ketones is 1. The van der Waals surface area contributed by atoms with Crippen molar-refractivity contribution < 1.29 is 24.5 Å². The van der Waals surface area contributed by atoms with Gasteiger partial charge < -0.3 is 14.9 Å². The molecular weight excluding hydrogens is 272 g/mol. The van der Waals surface area contributed by atoms with E-state index in [1.165, 1.54) is 48.5 Å². The minimum atomic E-state index is -0.521. The van der Waals surface area contributed by atoms with E-state index < -0.39 is 5.97 Å². The third kappa shape index (κ3) is 4.35. The fraction of sp³-hybridized carbons (Fsp3) is 0.125. The van der Waals surface area contributed by atoms with Crippen molar-refractivity contribution in [1.29, 1.82) is 0 Å². The van der Waals surface area contributed by atoms with Crippen LogP contribution < -0.4 is 4.74 Å². The summed E-state index contributed by atoms with van der Waals surface area (Å²) in [5, 5.41) is 18.2. The fourth-order valence-electron chi connectivity index (χ4n) is 1.70. The first-order valence-electron chi connectivity index (χ1n) is 6.36.